The van der Waals surface area contributed by atoms with Crippen LogP contribution in [0.15, 0.2) is 12.3 Å². The van der Waals surface area contributed by atoms with E-state index in [0.717, 1.165) is 4.90 Å². The Morgan fingerprint density at radius 2 is 2.05 bits per heavy atom. The van der Waals surface area contributed by atoms with Gasteiger partial charge in [-0.2, -0.15) is 0 Å². The van der Waals surface area contributed by atoms with Crippen LogP contribution in [0.5, 0.6) is 0 Å². The van der Waals surface area contributed by atoms with Gasteiger partial charge in [-0.1, -0.05) is 0 Å². The third-order valence-corrected chi connectivity index (χ3v) is 3.38. The van der Waals surface area contributed by atoms with Crippen molar-refractivity contribution in [2.45, 2.75) is 20.0 Å². The number of aryl methyl sites for hydroxylation is 1. The Morgan fingerprint density at radius 3 is 2.55 bits per heavy atom. The van der Waals surface area contributed by atoms with Crippen molar-refractivity contribution < 1.29 is 23.9 Å². The highest BCUT2D eigenvalue weighted by Crippen LogP contribution is 2.12. The number of rotatable bonds is 4. The molecule has 22 heavy (non-hydrogen) atoms. The minimum Gasteiger partial charge on any atom is -0.448 e. The molecule has 0 unspecified atom stereocenters. The zero-order valence-electron chi connectivity index (χ0n) is 12.6. The molecule has 8 heteroatoms. The van der Waals surface area contributed by atoms with Gasteiger partial charge in [0.2, 0.25) is 0 Å². The van der Waals surface area contributed by atoms with Gasteiger partial charge >= 0.3 is 12.0 Å². The SMILES string of the molecule is CC(=O)c1cc(C(=O)O[C@@H](C)C(=O)N2CCNC2=O)n(C)c1. The van der Waals surface area contributed by atoms with E-state index in [1.807, 2.05) is 0 Å². The first-order valence-electron chi connectivity index (χ1n) is 6.78. The van der Waals surface area contributed by atoms with Gasteiger partial charge in [0.1, 0.15) is 5.69 Å². The van der Waals surface area contributed by atoms with Crippen molar-refractivity contribution in [3.05, 3.63) is 23.5 Å². The molecule has 0 bridgehead atoms. The molecule has 1 saturated heterocycles. The van der Waals surface area contributed by atoms with Gasteiger partial charge in [0, 0.05) is 31.9 Å². The number of Topliss-reactive ketones (excluding diaryl/α,β-unsaturated/α-hetero) is 1. The molecule has 1 aromatic rings. The maximum atomic E-state index is 12.1. The second-order valence-corrected chi connectivity index (χ2v) is 5.05. The molecular formula is C14H17N3O5. The summed E-state index contributed by atoms with van der Waals surface area (Å²) >= 11 is 0. The topological polar surface area (TPSA) is 97.7 Å². The van der Waals surface area contributed by atoms with E-state index in [1.165, 1.54) is 30.7 Å². The van der Waals surface area contributed by atoms with Gasteiger partial charge in [0.15, 0.2) is 11.9 Å². The van der Waals surface area contributed by atoms with Crippen LogP contribution in [0.4, 0.5) is 4.79 Å². The van der Waals surface area contributed by atoms with Crippen molar-refractivity contribution in [3.63, 3.8) is 0 Å². The number of hydrogen-bond acceptors (Lipinski definition) is 5. The van der Waals surface area contributed by atoms with Crippen molar-refractivity contribution in [1.82, 2.24) is 14.8 Å². The number of hydrogen-bond donors (Lipinski definition) is 1. The zero-order chi connectivity index (χ0) is 16.4. The summed E-state index contributed by atoms with van der Waals surface area (Å²) in [5, 5.41) is 2.50. The molecule has 1 atom stereocenters. The number of nitrogens with one attached hydrogen (secondary N) is 1. The quantitative estimate of drug-likeness (QED) is 0.638. The summed E-state index contributed by atoms with van der Waals surface area (Å²) < 4.78 is 6.55. The molecule has 1 fully saturated rings. The van der Waals surface area contributed by atoms with Crippen molar-refractivity contribution in [2.75, 3.05) is 13.1 Å². The summed E-state index contributed by atoms with van der Waals surface area (Å²) in [6.07, 6.45) is 0.423. The predicted octanol–water partition coefficient (Wildman–Crippen LogP) is 0.325. The van der Waals surface area contributed by atoms with E-state index in [-0.39, 0.29) is 18.0 Å². The van der Waals surface area contributed by atoms with Crippen molar-refractivity contribution in [2.24, 2.45) is 7.05 Å². The average molecular weight is 307 g/mol. The van der Waals surface area contributed by atoms with Gasteiger partial charge < -0.3 is 14.6 Å². The predicted molar refractivity (Wildman–Crippen MR) is 75.4 cm³/mol. The highest BCUT2D eigenvalue weighted by atomic mass is 16.5. The molecule has 1 aromatic heterocycles. The highest BCUT2D eigenvalue weighted by Gasteiger charge is 2.32. The summed E-state index contributed by atoms with van der Waals surface area (Å²) in [6.45, 7) is 3.42. The molecule has 0 aliphatic carbocycles. The molecule has 3 amide bonds. The second-order valence-electron chi connectivity index (χ2n) is 5.05. The fourth-order valence-electron chi connectivity index (χ4n) is 2.13. The summed E-state index contributed by atoms with van der Waals surface area (Å²) in [4.78, 5) is 47.9. The van der Waals surface area contributed by atoms with E-state index < -0.39 is 24.0 Å². The molecular weight excluding hydrogens is 290 g/mol. The van der Waals surface area contributed by atoms with Crippen LogP contribution in [-0.2, 0) is 16.6 Å². The van der Waals surface area contributed by atoms with Crippen molar-refractivity contribution in [3.8, 4) is 0 Å². The van der Waals surface area contributed by atoms with E-state index in [2.05, 4.69) is 5.32 Å². The largest absolute Gasteiger partial charge is 0.448 e. The van der Waals surface area contributed by atoms with Crippen LogP contribution in [0.3, 0.4) is 0 Å². The van der Waals surface area contributed by atoms with Crippen molar-refractivity contribution in [1.29, 1.82) is 0 Å². The smallest absolute Gasteiger partial charge is 0.355 e. The van der Waals surface area contributed by atoms with Crippen LogP contribution in [0.2, 0.25) is 0 Å². The van der Waals surface area contributed by atoms with Gasteiger partial charge in [0.25, 0.3) is 5.91 Å². The number of imide groups is 1. The van der Waals surface area contributed by atoms with Gasteiger partial charge in [-0.15, -0.1) is 0 Å². The first kappa shape index (κ1) is 15.7. The fourth-order valence-corrected chi connectivity index (χ4v) is 2.13. The van der Waals surface area contributed by atoms with Gasteiger partial charge in [-0.25, -0.2) is 9.59 Å². The molecule has 118 valence electrons. The van der Waals surface area contributed by atoms with Crippen LogP contribution < -0.4 is 5.32 Å². The van der Waals surface area contributed by atoms with E-state index in [9.17, 15) is 19.2 Å². The summed E-state index contributed by atoms with van der Waals surface area (Å²) in [5.74, 6) is -1.48. The molecule has 0 spiro atoms. The highest BCUT2D eigenvalue weighted by molar-refractivity contribution is 6.00. The normalized spacial score (nSPS) is 15.4. The van der Waals surface area contributed by atoms with Gasteiger partial charge in [0.05, 0.1) is 0 Å². The van der Waals surface area contributed by atoms with Gasteiger partial charge in [-0.05, 0) is 19.9 Å². The Labute approximate surface area is 127 Å². The first-order valence-corrected chi connectivity index (χ1v) is 6.78. The molecule has 2 heterocycles. The second kappa shape index (κ2) is 6.00. The van der Waals surface area contributed by atoms with E-state index in [4.69, 9.17) is 4.74 Å². The summed E-state index contributed by atoms with van der Waals surface area (Å²) in [6, 6.07) is 0.912. The minimum atomic E-state index is -1.09. The number of esters is 1. The number of urea groups is 1. The lowest BCUT2D eigenvalue weighted by Crippen LogP contribution is -2.41. The molecule has 0 radical (unpaired) electrons. The zero-order valence-corrected chi connectivity index (χ0v) is 12.6. The number of aromatic nitrogens is 1. The van der Waals surface area contributed by atoms with Crippen LogP contribution in [-0.4, -0.2) is 52.4 Å². The molecule has 0 aromatic carbocycles. The van der Waals surface area contributed by atoms with Crippen LogP contribution >= 0.6 is 0 Å². The standard InChI is InChI=1S/C14H17N3O5/c1-8(18)10-6-11(16(3)7-10)13(20)22-9(2)12(19)17-5-4-15-14(17)21/h6-7,9H,4-5H2,1-3H3,(H,15,21)/t9-/m0/s1. The Kier molecular flexibility index (Phi) is 4.30. The third kappa shape index (κ3) is 3.00. The molecule has 1 N–H and O–H groups in total. The summed E-state index contributed by atoms with van der Waals surface area (Å²) in [7, 11) is 1.60. The average Bonchev–Trinajstić information content (AvgIpc) is 3.03. The number of ketones is 1. The number of carbonyl (C=O) groups excluding carboxylic acids is 4. The van der Waals surface area contributed by atoms with E-state index in [0.29, 0.717) is 12.1 Å². The number of ether oxygens (including phenoxy) is 1. The van der Waals surface area contributed by atoms with E-state index in [1.54, 1.807) is 7.05 Å². The molecule has 1 aliphatic rings. The lowest BCUT2D eigenvalue weighted by molar-refractivity contribution is -0.136. The Balaban J connectivity index is 2.06. The van der Waals surface area contributed by atoms with Gasteiger partial charge in [-0.3, -0.25) is 14.5 Å². The number of carbonyl (C=O) groups is 4. The minimum absolute atomic E-state index is 0.163. The van der Waals surface area contributed by atoms with Crippen molar-refractivity contribution >= 4 is 23.7 Å². The molecule has 8 nitrogen and oxygen atoms in total. The van der Waals surface area contributed by atoms with Crippen LogP contribution in [0.1, 0.15) is 34.7 Å². The fraction of sp³-hybridized carbons (Fsp3) is 0.429. The van der Waals surface area contributed by atoms with Crippen LogP contribution in [0, 0.1) is 0 Å². The molecule has 1 aliphatic heterocycles. The first-order chi connectivity index (χ1) is 10.3. The number of nitrogens with zero attached hydrogens (tertiary/aromatic N) is 2. The van der Waals surface area contributed by atoms with E-state index >= 15 is 0 Å². The maximum absolute atomic E-state index is 12.1. The molecule has 0 saturated carbocycles. The van der Waals surface area contributed by atoms with Crippen LogP contribution in [0.25, 0.3) is 0 Å². The Morgan fingerprint density at radius 1 is 1.36 bits per heavy atom. The summed E-state index contributed by atoms with van der Waals surface area (Å²) in [5.41, 5.74) is 0.545. The third-order valence-electron chi connectivity index (χ3n) is 3.38. The Bertz CT molecular complexity index is 649. The lowest BCUT2D eigenvalue weighted by atomic mass is 10.2. The maximum Gasteiger partial charge on any atom is 0.355 e. The monoisotopic (exact) mass is 307 g/mol. The number of amides is 3. The Hall–Kier alpha value is -2.64. The lowest BCUT2D eigenvalue weighted by Gasteiger charge is -2.18. The molecule has 2 rings (SSSR count).